The number of phenols is 1. The summed E-state index contributed by atoms with van der Waals surface area (Å²) in [4.78, 5) is 46.0. The number of hydrogen-bond donors (Lipinski definition) is 11. The van der Waals surface area contributed by atoms with Crippen LogP contribution in [0.1, 0.15) is 113 Å². The summed E-state index contributed by atoms with van der Waals surface area (Å²) in [6, 6.07) is 15.7. The largest absolute Gasteiger partial charge is 0.508 e. The van der Waals surface area contributed by atoms with Crippen LogP contribution in [0, 0.1) is 0 Å². The highest BCUT2D eigenvalue weighted by Crippen LogP contribution is 2.32. The zero-order valence-corrected chi connectivity index (χ0v) is 51.1. The zero-order valence-electron chi connectivity index (χ0n) is 46.6. The number of aromatic nitrogens is 12. The minimum absolute atomic E-state index is 0. The number of benzene rings is 3. The number of aliphatic hydroxyl groups excluding tert-OH is 2. The summed E-state index contributed by atoms with van der Waals surface area (Å²) in [6.45, 7) is 12.2. The summed E-state index contributed by atoms with van der Waals surface area (Å²) in [7, 11) is 0. The van der Waals surface area contributed by atoms with E-state index in [1.165, 1.54) is 31.3 Å². The molecule has 0 spiro atoms. The molecule has 2 saturated carbocycles. The molecule has 2 aliphatic carbocycles. The molecule has 22 nitrogen and oxygen atoms in total. The van der Waals surface area contributed by atoms with Gasteiger partial charge in [-0.3, -0.25) is 0 Å². The number of rotatable bonds is 11. The van der Waals surface area contributed by atoms with Crippen LogP contribution in [0.5, 0.6) is 17.2 Å². The number of H-pyrrole nitrogens is 3. The number of aliphatic hydroxyl groups is 2. The van der Waals surface area contributed by atoms with Gasteiger partial charge in [-0.05, 0) is 139 Å². The molecular weight excluding hydrogens is 1200 g/mol. The number of nitrogens with zero attached hydrogens (tertiary/aromatic N) is 9. The number of halogens is 6. The van der Waals surface area contributed by atoms with Crippen molar-refractivity contribution < 1.29 is 24.8 Å². The average Bonchev–Trinajstić information content (AvgIpc) is 3.57. The summed E-state index contributed by atoms with van der Waals surface area (Å²) in [6.07, 6.45) is 14.0. The second kappa shape index (κ2) is 33.8. The van der Waals surface area contributed by atoms with E-state index in [9.17, 15) is 10.2 Å². The Morgan fingerprint density at radius 1 is 0.548 bits per heavy atom. The zero-order chi connectivity index (χ0) is 60.2. The van der Waals surface area contributed by atoms with Crippen molar-refractivity contribution in [3.63, 3.8) is 0 Å². The Kier molecular flexibility index (Phi) is 27.4. The Labute approximate surface area is 518 Å². The SMILES string of the molecule is C.CC(C)Oc1ccc(N)c(Cl)c1.CC(C)Oc1ccc(Nc2nc(NC3CCC(O)CC3)c3[nH]cnc3n2)c(Cl)c1.CCCC.Clc1nc(Cl)c2[nH]cnc2n1.Nc1ccc(O)cc1Cl.OC1CCC(Nc2nc(Cl)nc3nc[nH]c23)CC1. The van der Waals surface area contributed by atoms with Gasteiger partial charge in [0.05, 0.1) is 75.5 Å². The first kappa shape index (κ1) is 68.2. The van der Waals surface area contributed by atoms with E-state index in [4.69, 9.17) is 95.7 Å². The number of aromatic hydroxyl groups is 1. The van der Waals surface area contributed by atoms with Crippen LogP contribution < -0.4 is 36.9 Å². The van der Waals surface area contributed by atoms with Gasteiger partial charge in [-0.25, -0.2) is 19.9 Å². The van der Waals surface area contributed by atoms with E-state index in [0.717, 1.165) is 68.1 Å². The highest BCUT2D eigenvalue weighted by atomic mass is 35.5. The van der Waals surface area contributed by atoms with Gasteiger partial charge in [0, 0.05) is 30.3 Å². The maximum absolute atomic E-state index is 9.73. The van der Waals surface area contributed by atoms with Gasteiger partial charge < -0.3 is 67.2 Å². The van der Waals surface area contributed by atoms with Crippen LogP contribution in [0.2, 0.25) is 30.8 Å². The molecule has 2 fully saturated rings. The van der Waals surface area contributed by atoms with Crippen molar-refractivity contribution in [2.24, 2.45) is 0 Å². The summed E-state index contributed by atoms with van der Waals surface area (Å²) < 4.78 is 11.1. The van der Waals surface area contributed by atoms with Gasteiger partial charge in [-0.15, -0.1) is 0 Å². The van der Waals surface area contributed by atoms with Crippen LogP contribution in [0.25, 0.3) is 33.5 Å². The third-order valence-corrected chi connectivity index (χ3v) is 13.8. The monoisotopic (exact) mass is 1270 g/mol. The molecule has 0 saturated heterocycles. The molecule has 84 heavy (non-hydrogen) atoms. The molecule has 0 atom stereocenters. The minimum Gasteiger partial charge on any atom is -0.508 e. The lowest BCUT2D eigenvalue weighted by molar-refractivity contribution is 0.125. The number of nitrogens with one attached hydrogen (secondary N) is 6. The molecule has 0 bridgehead atoms. The van der Waals surface area contributed by atoms with E-state index in [0.29, 0.717) is 84.0 Å². The Morgan fingerprint density at radius 3 is 1.44 bits per heavy atom. The molecular formula is C56H73Cl6N17O5. The first-order valence-electron chi connectivity index (χ1n) is 26.9. The number of nitrogens with two attached hydrogens (primary N) is 2. The molecule has 2 aliphatic rings. The molecule has 28 heteroatoms. The van der Waals surface area contributed by atoms with Crippen molar-refractivity contribution in [1.29, 1.82) is 0 Å². The van der Waals surface area contributed by atoms with Gasteiger partial charge in [0.15, 0.2) is 33.7 Å². The van der Waals surface area contributed by atoms with Crippen LogP contribution >= 0.6 is 69.6 Å². The second-order valence-electron chi connectivity index (χ2n) is 19.6. The summed E-state index contributed by atoms with van der Waals surface area (Å²) in [5.41, 5.74) is 16.4. The van der Waals surface area contributed by atoms with Crippen molar-refractivity contribution >= 4 is 138 Å². The summed E-state index contributed by atoms with van der Waals surface area (Å²) in [5.74, 6) is 3.37. The lowest BCUT2D eigenvalue weighted by Gasteiger charge is -2.26. The number of aromatic amines is 3. The molecule has 6 aromatic heterocycles. The Bertz CT molecular complexity index is 3440. The van der Waals surface area contributed by atoms with Crippen molar-refractivity contribution in [2.45, 2.75) is 150 Å². The predicted octanol–water partition coefficient (Wildman–Crippen LogP) is 14.4. The van der Waals surface area contributed by atoms with E-state index >= 15 is 0 Å². The number of unbranched alkanes of at least 4 members (excludes halogenated alkanes) is 1. The third kappa shape index (κ3) is 21.5. The lowest BCUT2D eigenvalue weighted by Crippen LogP contribution is -2.28. The minimum atomic E-state index is -0.201. The van der Waals surface area contributed by atoms with Gasteiger partial charge in [0.25, 0.3) is 0 Å². The highest BCUT2D eigenvalue weighted by Gasteiger charge is 2.23. The molecule has 0 unspecified atom stereocenters. The van der Waals surface area contributed by atoms with E-state index in [2.05, 4.69) is 89.6 Å². The number of hydrogen-bond acceptors (Lipinski definition) is 19. The molecule has 6 heterocycles. The molecule has 13 N–H and O–H groups in total. The third-order valence-electron chi connectivity index (χ3n) is 12.2. The van der Waals surface area contributed by atoms with E-state index < -0.39 is 0 Å². The van der Waals surface area contributed by atoms with Crippen molar-refractivity contribution in [3.8, 4) is 17.2 Å². The summed E-state index contributed by atoms with van der Waals surface area (Å²) >= 11 is 34.8. The van der Waals surface area contributed by atoms with Gasteiger partial charge in [-0.1, -0.05) is 80.5 Å². The molecule has 0 radical (unpaired) electrons. The Hall–Kier alpha value is -6.63. The summed E-state index contributed by atoms with van der Waals surface area (Å²) in [5, 5.41) is 40.0. The first-order chi connectivity index (χ1) is 39.7. The van der Waals surface area contributed by atoms with Gasteiger partial charge in [-0.2, -0.15) is 24.9 Å². The fraction of sp³-hybridized carbons (Fsp3) is 0.411. The number of nitrogen functional groups attached to an aromatic ring is 2. The van der Waals surface area contributed by atoms with Crippen LogP contribution in [-0.2, 0) is 0 Å². The van der Waals surface area contributed by atoms with Crippen LogP contribution in [-0.4, -0.2) is 112 Å². The van der Waals surface area contributed by atoms with Gasteiger partial charge in [0.2, 0.25) is 16.5 Å². The normalized spacial score (nSPS) is 16.2. The topological polar surface area (TPSA) is 331 Å². The number of ether oxygens (including phenoxy) is 2. The Morgan fingerprint density at radius 2 is 0.976 bits per heavy atom. The standard InChI is InChI=1S/C20H25ClN6O2.C11H14ClN5O.C9H12ClNO.C6H6ClNO.C5H2Cl2N4.C4H10.CH4/c1-11(2)29-14-7-8-16(15(21)9-14)25-20-26-18-17(22-10-23-18)19(27-20)24-12-3-5-13(28)6-4-12;12-11-16-9-8(13-5-14-9)10(17-11)15-6-1-3-7(18)4-2-6;1-6(2)12-7-3-4-9(11)8(10)5-7;7-5-3-4(9)1-2-6(5)8;6-3-2-4(9-1-8-2)11-5(7)10-3;1-3-4-2;/h7-13,28H,3-6H2,1-2H3,(H3,22,23,24,25,26,27);5-7,18H,1-4H2,(H2,13,14,15,16,17);3-6H,11H2,1-2H3;1-3,9H,8H2;1H,(H,8,9,10,11);3-4H2,1-2H3;1H4. The molecule has 3 aromatic carbocycles. The van der Waals surface area contributed by atoms with Crippen molar-refractivity contribution in [1.82, 2.24) is 59.8 Å². The molecule has 9 aromatic rings. The van der Waals surface area contributed by atoms with Crippen LogP contribution in [0.15, 0.2) is 73.6 Å². The first-order valence-corrected chi connectivity index (χ1v) is 29.1. The molecule has 0 aliphatic heterocycles. The molecule has 454 valence electrons. The number of anilines is 6. The van der Waals surface area contributed by atoms with Crippen LogP contribution in [0.3, 0.4) is 0 Å². The van der Waals surface area contributed by atoms with Crippen molar-refractivity contribution in [2.75, 3.05) is 27.4 Å². The van der Waals surface area contributed by atoms with E-state index in [1.807, 2.05) is 39.8 Å². The maximum atomic E-state index is 9.73. The van der Waals surface area contributed by atoms with Crippen LogP contribution in [0.4, 0.5) is 34.6 Å². The second-order valence-corrected chi connectivity index (χ2v) is 21.9. The number of fused-ring (bicyclic) bond motifs is 3. The molecule has 11 rings (SSSR count). The Balaban J connectivity index is 0.000000201. The van der Waals surface area contributed by atoms with Crippen molar-refractivity contribution in [3.05, 3.63) is 104 Å². The fourth-order valence-corrected chi connectivity index (χ4v) is 9.09. The quantitative estimate of drug-likeness (QED) is 0.0248. The smallest absolute Gasteiger partial charge is 0.231 e. The number of phenolic OH excluding ortho intramolecular Hbond substituents is 1. The average molecular weight is 1280 g/mol. The fourth-order valence-electron chi connectivity index (χ4n) is 7.94. The highest BCUT2D eigenvalue weighted by molar-refractivity contribution is 6.35. The predicted molar refractivity (Wildman–Crippen MR) is 341 cm³/mol. The lowest BCUT2D eigenvalue weighted by atomic mass is 9.93. The van der Waals surface area contributed by atoms with E-state index in [-0.39, 0.29) is 59.4 Å². The van der Waals surface area contributed by atoms with E-state index in [1.54, 1.807) is 43.0 Å². The maximum Gasteiger partial charge on any atom is 0.231 e. The number of imidazole rings is 3. The van der Waals surface area contributed by atoms with Gasteiger partial charge in [0.1, 0.15) is 33.8 Å². The van der Waals surface area contributed by atoms with Gasteiger partial charge >= 0.3 is 0 Å². The molecule has 0 amide bonds.